The SMILES string of the molecule is O=C(O)c1cc(-c2ccc(-n3ccnn3)cc2)on1. The van der Waals surface area contributed by atoms with Gasteiger partial charge < -0.3 is 9.63 Å². The molecule has 0 aliphatic carbocycles. The second-order valence-corrected chi connectivity index (χ2v) is 3.78. The van der Waals surface area contributed by atoms with Crippen molar-refractivity contribution in [3.05, 3.63) is 48.4 Å². The quantitative estimate of drug-likeness (QED) is 0.765. The highest BCUT2D eigenvalue weighted by Gasteiger charge is 2.12. The van der Waals surface area contributed by atoms with Crippen molar-refractivity contribution in [1.82, 2.24) is 20.2 Å². The zero-order valence-electron chi connectivity index (χ0n) is 9.59. The molecule has 2 aromatic heterocycles. The first-order valence-electron chi connectivity index (χ1n) is 5.41. The summed E-state index contributed by atoms with van der Waals surface area (Å²) in [5, 5.41) is 19.8. The molecule has 0 saturated heterocycles. The molecular weight excluding hydrogens is 248 g/mol. The van der Waals surface area contributed by atoms with Gasteiger partial charge in [-0.15, -0.1) is 5.10 Å². The minimum absolute atomic E-state index is 0.115. The molecule has 19 heavy (non-hydrogen) atoms. The van der Waals surface area contributed by atoms with E-state index in [9.17, 15) is 4.79 Å². The summed E-state index contributed by atoms with van der Waals surface area (Å²) in [6.07, 6.45) is 3.31. The van der Waals surface area contributed by atoms with Crippen LogP contribution in [0.2, 0.25) is 0 Å². The molecule has 0 radical (unpaired) electrons. The first-order chi connectivity index (χ1) is 9.24. The molecular formula is C12H8N4O3. The Bertz CT molecular complexity index is 701. The zero-order valence-corrected chi connectivity index (χ0v) is 9.59. The molecule has 0 aliphatic rings. The molecule has 3 aromatic rings. The fourth-order valence-corrected chi connectivity index (χ4v) is 1.64. The fraction of sp³-hybridized carbons (Fsp3) is 0. The van der Waals surface area contributed by atoms with Crippen LogP contribution in [0.15, 0.2) is 47.2 Å². The summed E-state index contributed by atoms with van der Waals surface area (Å²) in [6.45, 7) is 0. The summed E-state index contributed by atoms with van der Waals surface area (Å²) in [4.78, 5) is 10.7. The van der Waals surface area contributed by atoms with E-state index in [1.807, 2.05) is 12.1 Å². The van der Waals surface area contributed by atoms with Gasteiger partial charge in [0, 0.05) is 11.6 Å². The minimum Gasteiger partial charge on any atom is -0.476 e. The van der Waals surface area contributed by atoms with Crippen LogP contribution < -0.4 is 0 Å². The Kier molecular flexibility index (Phi) is 2.57. The number of benzene rings is 1. The van der Waals surface area contributed by atoms with Crippen LogP contribution in [-0.4, -0.2) is 31.2 Å². The molecule has 0 amide bonds. The molecule has 0 fully saturated rings. The van der Waals surface area contributed by atoms with Gasteiger partial charge in [0.15, 0.2) is 11.5 Å². The molecule has 3 rings (SSSR count). The summed E-state index contributed by atoms with van der Waals surface area (Å²) in [5.74, 6) is -0.711. The molecule has 94 valence electrons. The van der Waals surface area contributed by atoms with Gasteiger partial charge in [0.05, 0.1) is 18.1 Å². The summed E-state index contributed by atoms with van der Waals surface area (Å²) < 4.78 is 6.59. The third-order valence-electron chi connectivity index (χ3n) is 2.57. The predicted molar refractivity (Wildman–Crippen MR) is 63.8 cm³/mol. The first-order valence-corrected chi connectivity index (χ1v) is 5.41. The second kappa shape index (κ2) is 4.37. The summed E-state index contributed by atoms with van der Waals surface area (Å²) >= 11 is 0. The lowest BCUT2D eigenvalue weighted by Gasteiger charge is -2.00. The van der Waals surface area contributed by atoms with Crippen molar-refractivity contribution in [3.63, 3.8) is 0 Å². The monoisotopic (exact) mass is 256 g/mol. The highest BCUT2D eigenvalue weighted by atomic mass is 16.5. The van der Waals surface area contributed by atoms with E-state index in [-0.39, 0.29) is 5.69 Å². The number of hydrogen-bond acceptors (Lipinski definition) is 5. The van der Waals surface area contributed by atoms with Crippen LogP contribution in [0.5, 0.6) is 0 Å². The van der Waals surface area contributed by atoms with Gasteiger partial charge in [0.2, 0.25) is 0 Å². The number of carboxylic acids is 1. The van der Waals surface area contributed by atoms with E-state index in [1.165, 1.54) is 6.07 Å². The summed E-state index contributed by atoms with van der Waals surface area (Å²) in [6, 6.07) is 8.62. The fourth-order valence-electron chi connectivity index (χ4n) is 1.64. The van der Waals surface area contributed by atoms with E-state index in [2.05, 4.69) is 15.5 Å². The van der Waals surface area contributed by atoms with Crippen LogP contribution >= 0.6 is 0 Å². The maximum atomic E-state index is 10.7. The smallest absolute Gasteiger partial charge is 0.358 e. The topological polar surface area (TPSA) is 94.0 Å². The molecule has 0 atom stereocenters. The van der Waals surface area contributed by atoms with E-state index in [0.29, 0.717) is 5.76 Å². The third-order valence-corrected chi connectivity index (χ3v) is 2.57. The van der Waals surface area contributed by atoms with Gasteiger partial charge in [-0.1, -0.05) is 10.4 Å². The van der Waals surface area contributed by atoms with Crippen molar-refractivity contribution < 1.29 is 14.4 Å². The molecule has 7 nitrogen and oxygen atoms in total. The number of nitrogens with zero attached hydrogens (tertiary/aromatic N) is 4. The number of hydrogen-bond donors (Lipinski definition) is 1. The van der Waals surface area contributed by atoms with Gasteiger partial charge in [-0.05, 0) is 24.3 Å². The summed E-state index contributed by atoms with van der Waals surface area (Å²) in [5.41, 5.74) is 1.47. The zero-order chi connectivity index (χ0) is 13.2. The van der Waals surface area contributed by atoms with Crippen LogP contribution in [0.25, 0.3) is 17.0 Å². The number of carboxylic acid groups (broad SMARTS) is 1. The van der Waals surface area contributed by atoms with Crippen LogP contribution in [0.4, 0.5) is 0 Å². The van der Waals surface area contributed by atoms with E-state index in [1.54, 1.807) is 29.2 Å². The second-order valence-electron chi connectivity index (χ2n) is 3.78. The van der Waals surface area contributed by atoms with Gasteiger partial charge in [-0.3, -0.25) is 0 Å². The Morgan fingerprint density at radius 1 is 1.26 bits per heavy atom. The Labute approximate surface area is 107 Å². The van der Waals surface area contributed by atoms with Crippen LogP contribution in [-0.2, 0) is 0 Å². The largest absolute Gasteiger partial charge is 0.476 e. The van der Waals surface area contributed by atoms with Gasteiger partial charge in [-0.25, -0.2) is 9.48 Å². The van der Waals surface area contributed by atoms with E-state index in [4.69, 9.17) is 9.63 Å². The van der Waals surface area contributed by atoms with E-state index >= 15 is 0 Å². The minimum atomic E-state index is -1.12. The molecule has 2 heterocycles. The average molecular weight is 256 g/mol. The Hall–Kier alpha value is -2.96. The Morgan fingerprint density at radius 3 is 2.63 bits per heavy atom. The van der Waals surface area contributed by atoms with Crippen LogP contribution in [0.1, 0.15) is 10.5 Å². The normalized spacial score (nSPS) is 10.5. The highest BCUT2D eigenvalue weighted by molar-refractivity contribution is 5.86. The van der Waals surface area contributed by atoms with Crippen molar-refractivity contribution in [2.24, 2.45) is 0 Å². The van der Waals surface area contributed by atoms with Crippen molar-refractivity contribution in [1.29, 1.82) is 0 Å². The third kappa shape index (κ3) is 2.08. The van der Waals surface area contributed by atoms with Crippen LogP contribution in [0.3, 0.4) is 0 Å². The Morgan fingerprint density at radius 2 is 2.05 bits per heavy atom. The lowest BCUT2D eigenvalue weighted by atomic mass is 10.1. The number of aromatic carboxylic acids is 1. The lowest BCUT2D eigenvalue weighted by molar-refractivity contribution is 0.0686. The van der Waals surface area contributed by atoms with Crippen LogP contribution in [0, 0.1) is 0 Å². The van der Waals surface area contributed by atoms with Gasteiger partial charge in [0.25, 0.3) is 0 Å². The van der Waals surface area contributed by atoms with Gasteiger partial charge in [-0.2, -0.15) is 0 Å². The standard InChI is InChI=1S/C12H8N4O3/c17-12(18)10-7-11(19-14-10)8-1-3-9(4-2-8)16-6-5-13-15-16/h1-7H,(H,17,18). The molecule has 1 N–H and O–H groups in total. The maximum Gasteiger partial charge on any atom is 0.358 e. The number of rotatable bonds is 3. The summed E-state index contributed by atoms with van der Waals surface area (Å²) in [7, 11) is 0. The predicted octanol–water partition coefficient (Wildman–Crippen LogP) is 1.62. The Balaban J connectivity index is 1.91. The molecule has 0 bridgehead atoms. The van der Waals surface area contributed by atoms with Gasteiger partial charge >= 0.3 is 5.97 Å². The molecule has 7 heteroatoms. The molecule has 1 aromatic carbocycles. The molecule has 0 spiro atoms. The maximum absolute atomic E-state index is 10.7. The molecule has 0 aliphatic heterocycles. The first kappa shape index (κ1) is 11.1. The average Bonchev–Trinajstić information content (AvgIpc) is 3.11. The van der Waals surface area contributed by atoms with Crippen molar-refractivity contribution in [3.8, 4) is 17.0 Å². The number of aromatic nitrogens is 4. The molecule has 0 unspecified atom stereocenters. The number of carbonyl (C=O) groups is 1. The van der Waals surface area contributed by atoms with Crippen molar-refractivity contribution in [2.75, 3.05) is 0 Å². The highest BCUT2D eigenvalue weighted by Crippen LogP contribution is 2.21. The molecule has 0 saturated carbocycles. The van der Waals surface area contributed by atoms with Crippen molar-refractivity contribution >= 4 is 5.97 Å². The van der Waals surface area contributed by atoms with Gasteiger partial charge in [0.1, 0.15) is 0 Å². The lowest BCUT2D eigenvalue weighted by Crippen LogP contribution is -1.94. The van der Waals surface area contributed by atoms with E-state index < -0.39 is 5.97 Å². The van der Waals surface area contributed by atoms with Crippen molar-refractivity contribution in [2.45, 2.75) is 0 Å². The van der Waals surface area contributed by atoms with E-state index in [0.717, 1.165) is 11.3 Å².